The molecule has 2 N–H and O–H groups in total. The molecule has 0 aliphatic carbocycles. The second-order valence-electron chi connectivity index (χ2n) is 4.53. The highest BCUT2D eigenvalue weighted by atomic mass is 16.5. The molecule has 0 unspecified atom stereocenters. The van der Waals surface area contributed by atoms with Gasteiger partial charge >= 0.3 is 0 Å². The van der Waals surface area contributed by atoms with E-state index in [1.54, 1.807) is 11.9 Å². The summed E-state index contributed by atoms with van der Waals surface area (Å²) < 4.78 is 5.57. The second-order valence-corrected chi connectivity index (χ2v) is 4.53. The minimum Gasteiger partial charge on any atom is -0.483 e. The predicted molar refractivity (Wildman–Crippen MR) is 72.6 cm³/mol. The van der Waals surface area contributed by atoms with Crippen LogP contribution in [0.1, 0.15) is 31.0 Å². The van der Waals surface area contributed by atoms with Gasteiger partial charge in [0.15, 0.2) is 6.61 Å². The van der Waals surface area contributed by atoms with Crippen LogP contribution in [0.4, 0.5) is 0 Å². The van der Waals surface area contributed by atoms with E-state index in [1.807, 2.05) is 39.0 Å². The summed E-state index contributed by atoms with van der Waals surface area (Å²) in [5.41, 5.74) is 7.96. The van der Waals surface area contributed by atoms with Gasteiger partial charge in [-0.3, -0.25) is 4.79 Å². The van der Waals surface area contributed by atoms with Crippen LogP contribution in [-0.2, 0) is 4.79 Å². The van der Waals surface area contributed by atoms with Crippen molar-refractivity contribution in [3.63, 3.8) is 0 Å². The number of amides is 1. The Bertz CT molecular complexity index is 416. The summed E-state index contributed by atoms with van der Waals surface area (Å²) in [6.07, 6.45) is 0. The van der Waals surface area contributed by atoms with Crippen LogP contribution in [0.15, 0.2) is 18.2 Å². The van der Waals surface area contributed by atoms with Crippen LogP contribution in [0.5, 0.6) is 5.75 Å². The maximum atomic E-state index is 11.7. The van der Waals surface area contributed by atoms with Crippen molar-refractivity contribution in [2.75, 3.05) is 20.2 Å². The zero-order chi connectivity index (χ0) is 13.7. The molecule has 1 atom stereocenters. The van der Waals surface area contributed by atoms with Gasteiger partial charge in [-0.15, -0.1) is 0 Å². The molecule has 1 aromatic carbocycles. The van der Waals surface area contributed by atoms with E-state index in [-0.39, 0.29) is 18.6 Å². The summed E-state index contributed by atoms with van der Waals surface area (Å²) >= 11 is 0. The fourth-order valence-electron chi connectivity index (χ4n) is 1.58. The number of rotatable bonds is 5. The molecule has 4 heteroatoms. The van der Waals surface area contributed by atoms with E-state index < -0.39 is 0 Å². The summed E-state index contributed by atoms with van der Waals surface area (Å²) in [4.78, 5) is 13.3. The number of likely N-dealkylation sites (N-methyl/N-ethyl adjacent to an activating group) is 1. The van der Waals surface area contributed by atoms with Gasteiger partial charge in [-0.1, -0.05) is 17.7 Å². The lowest BCUT2D eigenvalue weighted by Gasteiger charge is -2.17. The predicted octanol–water partition coefficient (Wildman–Crippen LogP) is 1.87. The molecule has 0 bridgehead atoms. The van der Waals surface area contributed by atoms with Crippen LogP contribution in [0, 0.1) is 6.92 Å². The van der Waals surface area contributed by atoms with Gasteiger partial charge in [-0.25, -0.2) is 0 Å². The van der Waals surface area contributed by atoms with Crippen LogP contribution in [0.25, 0.3) is 0 Å². The Labute approximate surface area is 109 Å². The molecule has 18 heavy (non-hydrogen) atoms. The lowest BCUT2D eigenvalue weighted by Crippen LogP contribution is -2.31. The van der Waals surface area contributed by atoms with Crippen molar-refractivity contribution in [2.24, 2.45) is 5.73 Å². The monoisotopic (exact) mass is 250 g/mol. The fraction of sp³-hybridized carbons (Fsp3) is 0.500. The molecule has 0 heterocycles. The average molecular weight is 250 g/mol. The highest BCUT2D eigenvalue weighted by molar-refractivity contribution is 5.77. The maximum Gasteiger partial charge on any atom is 0.260 e. The van der Waals surface area contributed by atoms with Gasteiger partial charge in [-0.2, -0.15) is 0 Å². The minimum absolute atomic E-state index is 0.0336. The van der Waals surface area contributed by atoms with E-state index in [0.717, 1.165) is 11.1 Å². The van der Waals surface area contributed by atoms with Gasteiger partial charge in [0.1, 0.15) is 5.75 Å². The first-order valence-electron chi connectivity index (χ1n) is 6.18. The molecular formula is C14H22N2O2. The smallest absolute Gasteiger partial charge is 0.260 e. The number of ether oxygens (including phenoxy) is 1. The average Bonchev–Trinajstić information content (AvgIpc) is 2.35. The third kappa shape index (κ3) is 3.74. The first-order valence-corrected chi connectivity index (χ1v) is 6.18. The third-order valence-corrected chi connectivity index (χ3v) is 2.91. The Morgan fingerprint density at radius 3 is 2.72 bits per heavy atom. The van der Waals surface area contributed by atoms with E-state index in [2.05, 4.69) is 0 Å². The first-order chi connectivity index (χ1) is 8.45. The number of aryl methyl sites for hydroxylation is 1. The van der Waals surface area contributed by atoms with Crippen molar-refractivity contribution in [3.05, 3.63) is 29.3 Å². The molecule has 0 radical (unpaired) electrons. The van der Waals surface area contributed by atoms with Gasteiger partial charge < -0.3 is 15.4 Å². The number of nitrogens with two attached hydrogens (primary N) is 1. The SMILES string of the molecule is CCN(C)C(=O)COc1ccc(C)cc1[C@H](C)N. The largest absolute Gasteiger partial charge is 0.483 e. The fourth-order valence-corrected chi connectivity index (χ4v) is 1.58. The number of benzene rings is 1. The van der Waals surface area contributed by atoms with Crippen molar-refractivity contribution in [3.8, 4) is 5.75 Å². The molecular weight excluding hydrogens is 228 g/mol. The van der Waals surface area contributed by atoms with E-state index in [0.29, 0.717) is 12.3 Å². The zero-order valence-electron chi connectivity index (χ0n) is 11.6. The van der Waals surface area contributed by atoms with Crippen LogP contribution in [0.2, 0.25) is 0 Å². The third-order valence-electron chi connectivity index (χ3n) is 2.91. The summed E-state index contributed by atoms with van der Waals surface area (Å²) in [6.45, 7) is 6.56. The van der Waals surface area contributed by atoms with Gasteiger partial charge in [-0.05, 0) is 26.8 Å². The van der Waals surface area contributed by atoms with Gasteiger partial charge in [0, 0.05) is 25.2 Å². The Morgan fingerprint density at radius 1 is 1.50 bits per heavy atom. The maximum absolute atomic E-state index is 11.7. The van der Waals surface area contributed by atoms with E-state index in [4.69, 9.17) is 10.5 Å². The molecule has 0 saturated heterocycles. The summed E-state index contributed by atoms with van der Waals surface area (Å²) in [6, 6.07) is 5.70. The number of carbonyl (C=O) groups excluding carboxylic acids is 1. The summed E-state index contributed by atoms with van der Waals surface area (Å²) in [7, 11) is 1.76. The zero-order valence-corrected chi connectivity index (χ0v) is 11.6. The molecule has 0 aliphatic heterocycles. The van der Waals surface area contributed by atoms with Gasteiger partial charge in [0.05, 0.1) is 0 Å². The molecule has 0 aliphatic rings. The molecule has 0 fully saturated rings. The number of nitrogens with zero attached hydrogens (tertiary/aromatic N) is 1. The van der Waals surface area contributed by atoms with E-state index in [1.165, 1.54) is 0 Å². The van der Waals surface area contributed by atoms with Crippen LogP contribution >= 0.6 is 0 Å². The van der Waals surface area contributed by atoms with Crippen LogP contribution in [0.3, 0.4) is 0 Å². The van der Waals surface area contributed by atoms with Crippen molar-refractivity contribution in [2.45, 2.75) is 26.8 Å². The van der Waals surface area contributed by atoms with Crippen LogP contribution in [-0.4, -0.2) is 31.0 Å². The van der Waals surface area contributed by atoms with Crippen molar-refractivity contribution in [1.29, 1.82) is 0 Å². The lowest BCUT2D eigenvalue weighted by atomic mass is 10.1. The molecule has 0 aromatic heterocycles. The Kier molecular flexibility index (Phi) is 5.16. The first kappa shape index (κ1) is 14.5. The molecule has 1 amide bonds. The standard InChI is InChI=1S/C14H22N2O2/c1-5-16(4)14(17)9-18-13-7-6-10(2)8-12(13)11(3)15/h6-8,11H,5,9,15H2,1-4H3/t11-/m0/s1. The van der Waals surface area contributed by atoms with Crippen molar-refractivity contribution < 1.29 is 9.53 Å². The second kappa shape index (κ2) is 6.40. The molecule has 0 saturated carbocycles. The quantitative estimate of drug-likeness (QED) is 0.868. The minimum atomic E-state index is -0.112. The molecule has 100 valence electrons. The molecule has 4 nitrogen and oxygen atoms in total. The topological polar surface area (TPSA) is 55.6 Å². The van der Waals surface area contributed by atoms with E-state index in [9.17, 15) is 4.79 Å². The normalized spacial score (nSPS) is 12.1. The Morgan fingerprint density at radius 2 is 2.17 bits per heavy atom. The summed E-state index contributed by atoms with van der Waals surface area (Å²) in [5.74, 6) is 0.655. The summed E-state index contributed by atoms with van der Waals surface area (Å²) in [5, 5.41) is 0. The van der Waals surface area contributed by atoms with E-state index >= 15 is 0 Å². The highest BCUT2D eigenvalue weighted by Crippen LogP contribution is 2.24. The number of carbonyl (C=O) groups is 1. The highest BCUT2D eigenvalue weighted by Gasteiger charge is 2.12. The molecule has 1 rings (SSSR count). The van der Waals surface area contributed by atoms with Crippen molar-refractivity contribution in [1.82, 2.24) is 4.90 Å². The van der Waals surface area contributed by atoms with Crippen molar-refractivity contribution >= 4 is 5.91 Å². The molecule has 1 aromatic rings. The Balaban J connectivity index is 2.76. The number of hydrogen-bond donors (Lipinski definition) is 1. The van der Waals surface area contributed by atoms with Gasteiger partial charge in [0.2, 0.25) is 0 Å². The van der Waals surface area contributed by atoms with Crippen LogP contribution < -0.4 is 10.5 Å². The Hall–Kier alpha value is -1.55. The van der Waals surface area contributed by atoms with Gasteiger partial charge in [0.25, 0.3) is 5.91 Å². The molecule has 0 spiro atoms. The number of hydrogen-bond acceptors (Lipinski definition) is 3. The lowest BCUT2D eigenvalue weighted by molar-refractivity contribution is -0.131.